The van der Waals surface area contributed by atoms with Gasteiger partial charge in [0, 0.05) is 13.6 Å². The second-order valence-electron chi connectivity index (χ2n) is 6.94. The van der Waals surface area contributed by atoms with Gasteiger partial charge in [-0.3, -0.25) is 4.79 Å². The van der Waals surface area contributed by atoms with Crippen molar-refractivity contribution in [2.24, 2.45) is 0 Å². The minimum atomic E-state index is -4.56. The van der Waals surface area contributed by atoms with E-state index in [1.54, 1.807) is 7.05 Å². The molecule has 0 spiro atoms. The highest BCUT2D eigenvalue weighted by molar-refractivity contribution is 6.06. The van der Waals surface area contributed by atoms with Crippen molar-refractivity contribution in [2.45, 2.75) is 12.7 Å². The zero-order chi connectivity index (χ0) is 22.6. The lowest BCUT2D eigenvalue weighted by atomic mass is 9.95. The normalized spacial score (nSPS) is 11.1. The molecule has 160 valence electrons. The molecule has 0 radical (unpaired) electrons. The number of esters is 1. The Bertz CT molecular complexity index is 1090. The number of ether oxygens (including phenoxy) is 1. The van der Waals surface area contributed by atoms with Crippen molar-refractivity contribution in [1.29, 1.82) is 0 Å². The van der Waals surface area contributed by atoms with E-state index in [-0.39, 0.29) is 22.3 Å². The van der Waals surface area contributed by atoms with Gasteiger partial charge in [-0.05, 0) is 34.9 Å². The Morgan fingerprint density at radius 3 is 2.19 bits per heavy atom. The van der Waals surface area contributed by atoms with Gasteiger partial charge in [0.1, 0.15) is 0 Å². The summed E-state index contributed by atoms with van der Waals surface area (Å²) in [6.07, 6.45) is -4.56. The van der Waals surface area contributed by atoms with Crippen LogP contribution in [0.15, 0.2) is 72.8 Å². The summed E-state index contributed by atoms with van der Waals surface area (Å²) < 4.78 is 45.1. The van der Waals surface area contributed by atoms with Gasteiger partial charge in [0.05, 0.1) is 23.8 Å². The third kappa shape index (κ3) is 4.94. The molecule has 0 heterocycles. The Balaban J connectivity index is 2.02. The van der Waals surface area contributed by atoms with E-state index < -0.39 is 23.6 Å². The molecule has 0 saturated heterocycles. The number of benzene rings is 3. The van der Waals surface area contributed by atoms with Crippen molar-refractivity contribution in [1.82, 2.24) is 4.90 Å². The van der Waals surface area contributed by atoms with Crippen LogP contribution in [0.2, 0.25) is 0 Å². The van der Waals surface area contributed by atoms with E-state index in [4.69, 9.17) is 4.74 Å². The number of hydrogen-bond donors (Lipinski definition) is 0. The van der Waals surface area contributed by atoms with Crippen molar-refractivity contribution in [2.75, 3.05) is 14.2 Å². The number of hydrogen-bond acceptors (Lipinski definition) is 3. The van der Waals surface area contributed by atoms with Gasteiger partial charge in [-0.15, -0.1) is 0 Å². The van der Waals surface area contributed by atoms with Gasteiger partial charge in [0.2, 0.25) is 0 Å². The first kappa shape index (κ1) is 22.1. The molecule has 31 heavy (non-hydrogen) atoms. The van der Waals surface area contributed by atoms with Crippen LogP contribution in [0.25, 0.3) is 11.1 Å². The number of rotatable bonds is 5. The van der Waals surface area contributed by atoms with E-state index in [0.717, 1.165) is 18.7 Å². The molecule has 3 rings (SSSR count). The van der Waals surface area contributed by atoms with Gasteiger partial charge in [-0.25, -0.2) is 4.79 Å². The summed E-state index contributed by atoms with van der Waals surface area (Å²) in [5.74, 6) is -1.25. The average Bonchev–Trinajstić information content (AvgIpc) is 2.77. The maximum atomic E-state index is 13.4. The lowest BCUT2D eigenvalue weighted by Crippen LogP contribution is -2.28. The number of halogens is 3. The second-order valence-corrected chi connectivity index (χ2v) is 6.94. The molecule has 0 bridgehead atoms. The number of amides is 1. The molecule has 0 fully saturated rings. The molecule has 0 N–H and O–H groups in total. The van der Waals surface area contributed by atoms with E-state index in [1.165, 1.54) is 41.3 Å². The Labute approximate surface area is 177 Å². The Morgan fingerprint density at radius 1 is 0.903 bits per heavy atom. The van der Waals surface area contributed by atoms with E-state index in [2.05, 4.69) is 0 Å². The topological polar surface area (TPSA) is 46.6 Å². The summed E-state index contributed by atoms with van der Waals surface area (Å²) in [6, 6.07) is 18.4. The summed E-state index contributed by atoms with van der Waals surface area (Å²) in [4.78, 5) is 26.8. The minimum Gasteiger partial charge on any atom is -0.465 e. The lowest BCUT2D eigenvalue weighted by molar-refractivity contribution is -0.137. The van der Waals surface area contributed by atoms with Gasteiger partial charge >= 0.3 is 12.1 Å². The fourth-order valence-electron chi connectivity index (χ4n) is 3.29. The molecule has 0 unspecified atom stereocenters. The van der Waals surface area contributed by atoms with E-state index >= 15 is 0 Å². The molecule has 3 aromatic carbocycles. The molecule has 0 aliphatic rings. The molecule has 0 atom stereocenters. The summed E-state index contributed by atoms with van der Waals surface area (Å²) in [6.45, 7) is 0.305. The molecule has 0 aliphatic carbocycles. The van der Waals surface area contributed by atoms with Crippen LogP contribution in [-0.2, 0) is 17.5 Å². The number of carbonyl (C=O) groups excluding carboxylic acids is 2. The summed E-state index contributed by atoms with van der Waals surface area (Å²) >= 11 is 0. The molecule has 3 aromatic rings. The number of methoxy groups -OCH3 is 1. The molecular weight excluding hydrogens is 407 g/mol. The van der Waals surface area contributed by atoms with E-state index in [1.807, 2.05) is 30.3 Å². The number of alkyl halides is 3. The van der Waals surface area contributed by atoms with E-state index in [9.17, 15) is 22.8 Å². The lowest BCUT2D eigenvalue weighted by Gasteiger charge is -2.20. The van der Waals surface area contributed by atoms with E-state index in [0.29, 0.717) is 6.54 Å². The first-order valence-electron chi connectivity index (χ1n) is 9.40. The van der Waals surface area contributed by atoms with Gasteiger partial charge in [-0.2, -0.15) is 13.2 Å². The smallest absolute Gasteiger partial charge is 0.417 e. The fourth-order valence-corrected chi connectivity index (χ4v) is 3.29. The monoisotopic (exact) mass is 427 g/mol. The van der Waals surface area contributed by atoms with Gasteiger partial charge in [0.25, 0.3) is 5.91 Å². The molecule has 0 saturated carbocycles. The predicted molar refractivity (Wildman–Crippen MR) is 110 cm³/mol. The maximum Gasteiger partial charge on any atom is 0.417 e. The SMILES string of the molecule is COC(=O)c1cc(-c2ccccc2C(F)(F)F)ccc1C(=O)N(C)Cc1ccccc1. The van der Waals surface area contributed by atoms with Crippen molar-refractivity contribution in [3.8, 4) is 11.1 Å². The molecule has 0 aliphatic heterocycles. The highest BCUT2D eigenvalue weighted by Crippen LogP contribution is 2.37. The van der Waals surface area contributed by atoms with Crippen LogP contribution in [-0.4, -0.2) is 30.9 Å². The number of nitrogens with zero attached hydrogens (tertiary/aromatic N) is 1. The predicted octanol–water partition coefficient (Wildman–Crippen LogP) is 5.43. The van der Waals surface area contributed by atoms with Crippen LogP contribution in [0.5, 0.6) is 0 Å². The van der Waals surface area contributed by atoms with Crippen LogP contribution in [0.4, 0.5) is 13.2 Å². The zero-order valence-corrected chi connectivity index (χ0v) is 16.9. The Morgan fingerprint density at radius 2 is 1.55 bits per heavy atom. The second kappa shape index (κ2) is 9.04. The van der Waals surface area contributed by atoms with Crippen LogP contribution >= 0.6 is 0 Å². The fraction of sp³-hybridized carbons (Fsp3) is 0.167. The van der Waals surface area contributed by atoms with Crippen molar-refractivity contribution < 1.29 is 27.5 Å². The third-order valence-corrected chi connectivity index (χ3v) is 4.81. The summed E-state index contributed by atoms with van der Waals surface area (Å²) in [7, 11) is 2.74. The Hall–Kier alpha value is -3.61. The van der Waals surface area contributed by atoms with Crippen LogP contribution < -0.4 is 0 Å². The Kier molecular flexibility index (Phi) is 6.44. The van der Waals surface area contributed by atoms with Gasteiger partial charge in [0.15, 0.2) is 0 Å². The highest BCUT2D eigenvalue weighted by Gasteiger charge is 2.33. The standard InChI is InChI=1S/C24H20F3NO3/c1-28(15-16-8-4-3-5-9-16)22(29)19-13-12-17(14-20(19)23(30)31-2)18-10-6-7-11-21(18)24(25,26)27/h3-14H,15H2,1-2H3. The quantitative estimate of drug-likeness (QED) is 0.510. The van der Waals surface area contributed by atoms with Gasteiger partial charge < -0.3 is 9.64 Å². The maximum absolute atomic E-state index is 13.4. The van der Waals surface area contributed by atoms with Crippen LogP contribution in [0, 0.1) is 0 Å². The van der Waals surface area contributed by atoms with Crippen LogP contribution in [0.1, 0.15) is 31.8 Å². The average molecular weight is 427 g/mol. The number of carbonyl (C=O) groups is 2. The first-order valence-corrected chi connectivity index (χ1v) is 9.40. The third-order valence-electron chi connectivity index (χ3n) is 4.81. The molecule has 7 heteroatoms. The molecule has 1 amide bonds. The van der Waals surface area contributed by atoms with Crippen LogP contribution in [0.3, 0.4) is 0 Å². The first-order chi connectivity index (χ1) is 14.7. The molecule has 0 aromatic heterocycles. The zero-order valence-electron chi connectivity index (χ0n) is 16.9. The van der Waals surface area contributed by atoms with Gasteiger partial charge in [-0.1, -0.05) is 54.6 Å². The minimum absolute atomic E-state index is 0.0542. The van der Waals surface area contributed by atoms with Crippen molar-refractivity contribution in [3.63, 3.8) is 0 Å². The summed E-state index contributed by atoms with van der Waals surface area (Å²) in [5.41, 5.74) is 0.104. The van der Waals surface area contributed by atoms with Crippen molar-refractivity contribution in [3.05, 3.63) is 95.1 Å². The summed E-state index contributed by atoms with van der Waals surface area (Å²) in [5, 5.41) is 0. The molecular formula is C24H20F3NO3. The largest absolute Gasteiger partial charge is 0.465 e. The van der Waals surface area contributed by atoms with Crippen molar-refractivity contribution >= 4 is 11.9 Å². The highest BCUT2D eigenvalue weighted by atomic mass is 19.4. The molecule has 4 nitrogen and oxygen atoms in total.